The van der Waals surface area contributed by atoms with Crippen LogP contribution in [0.2, 0.25) is 0 Å². The molecule has 28 heavy (non-hydrogen) atoms. The van der Waals surface area contributed by atoms with E-state index in [4.69, 9.17) is 9.40 Å². The first-order valence-corrected chi connectivity index (χ1v) is 9.11. The number of carbonyl (C=O) groups is 1. The average molecular weight is 376 g/mol. The number of halogens is 1. The fourth-order valence-corrected chi connectivity index (χ4v) is 3.81. The lowest BCUT2D eigenvalue weighted by Crippen LogP contribution is -2.29. The van der Waals surface area contributed by atoms with Crippen molar-refractivity contribution in [1.29, 1.82) is 0 Å². The summed E-state index contributed by atoms with van der Waals surface area (Å²) in [5, 5.41) is 0. The van der Waals surface area contributed by atoms with Crippen molar-refractivity contribution in [2.45, 2.75) is 12.5 Å². The van der Waals surface area contributed by atoms with Crippen molar-refractivity contribution in [1.82, 2.24) is 19.4 Å². The number of hydrogen-bond donors (Lipinski definition) is 0. The van der Waals surface area contributed by atoms with Gasteiger partial charge in [0.15, 0.2) is 5.65 Å². The number of amides is 1. The first-order chi connectivity index (χ1) is 13.7. The number of furan rings is 1. The van der Waals surface area contributed by atoms with Gasteiger partial charge in [0.25, 0.3) is 5.91 Å². The van der Waals surface area contributed by atoms with E-state index in [-0.39, 0.29) is 11.9 Å². The molecule has 1 amide bonds. The third-order valence-corrected chi connectivity index (χ3v) is 5.12. The Bertz CT molecular complexity index is 1150. The zero-order valence-electron chi connectivity index (χ0n) is 15.0. The Kier molecular flexibility index (Phi) is 3.93. The van der Waals surface area contributed by atoms with E-state index < -0.39 is 5.82 Å². The molecule has 0 N–H and O–H groups in total. The standard InChI is InChI=1S/C21H17FN4O2/c22-16-4-1-3-14(11-16)21(27)25-9-6-17(12-25)26-19(15-7-10-28-13-15)24-18-5-2-8-23-20(18)26/h1-5,7-8,10-11,13,17H,6,9,12H2/t17-/m1/s1. The number of carbonyl (C=O) groups excluding carboxylic acids is 1. The van der Waals surface area contributed by atoms with Gasteiger partial charge in [0.1, 0.15) is 23.4 Å². The maximum Gasteiger partial charge on any atom is 0.254 e. The van der Waals surface area contributed by atoms with Crippen LogP contribution < -0.4 is 0 Å². The maximum absolute atomic E-state index is 13.5. The average Bonchev–Trinajstić information content (AvgIpc) is 3.45. The van der Waals surface area contributed by atoms with E-state index in [1.54, 1.807) is 35.8 Å². The summed E-state index contributed by atoms with van der Waals surface area (Å²) in [6.07, 6.45) is 5.78. The van der Waals surface area contributed by atoms with E-state index >= 15 is 0 Å². The fourth-order valence-electron chi connectivity index (χ4n) is 3.81. The van der Waals surface area contributed by atoms with Crippen molar-refractivity contribution in [3.05, 3.63) is 72.6 Å². The summed E-state index contributed by atoms with van der Waals surface area (Å²) in [5.41, 5.74) is 2.81. The van der Waals surface area contributed by atoms with Gasteiger partial charge in [-0.2, -0.15) is 0 Å². The highest BCUT2D eigenvalue weighted by molar-refractivity contribution is 5.94. The Morgan fingerprint density at radius 1 is 1.21 bits per heavy atom. The van der Waals surface area contributed by atoms with Crippen LogP contribution in [0.1, 0.15) is 22.8 Å². The lowest BCUT2D eigenvalue weighted by atomic mass is 10.2. The number of nitrogens with zero attached hydrogens (tertiary/aromatic N) is 4. The van der Waals surface area contributed by atoms with E-state index in [0.29, 0.717) is 18.7 Å². The monoisotopic (exact) mass is 376 g/mol. The van der Waals surface area contributed by atoms with Crippen LogP contribution in [0.5, 0.6) is 0 Å². The molecule has 4 aromatic rings. The van der Waals surface area contributed by atoms with E-state index in [1.807, 2.05) is 18.2 Å². The van der Waals surface area contributed by atoms with E-state index in [9.17, 15) is 9.18 Å². The summed E-state index contributed by atoms with van der Waals surface area (Å²) in [5.74, 6) is 0.199. The first kappa shape index (κ1) is 16.7. The fraction of sp³-hybridized carbons (Fsp3) is 0.190. The second kappa shape index (κ2) is 6.60. The van der Waals surface area contributed by atoms with E-state index in [1.165, 1.54) is 12.1 Å². The lowest BCUT2D eigenvalue weighted by Gasteiger charge is -2.18. The summed E-state index contributed by atoms with van der Waals surface area (Å²) in [7, 11) is 0. The van der Waals surface area contributed by atoms with Crippen LogP contribution in [-0.2, 0) is 0 Å². The molecule has 1 saturated heterocycles. The predicted molar refractivity (Wildman–Crippen MR) is 101 cm³/mol. The summed E-state index contributed by atoms with van der Waals surface area (Å²) >= 11 is 0. The van der Waals surface area contributed by atoms with Crippen molar-refractivity contribution >= 4 is 17.1 Å². The number of aromatic nitrogens is 3. The molecule has 1 fully saturated rings. The molecule has 1 atom stereocenters. The quantitative estimate of drug-likeness (QED) is 0.544. The first-order valence-electron chi connectivity index (χ1n) is 9.11. The minimum atomic E-state index is -0.409. The normalized spacial score (nSPS) is 16.8. The van der Waals surface area contributed by atoms with Gasteiger partial charge < -0.3 is 13.9 Å². The third kappa shape index (κ3) is 2.76. The molecule has 0 spiro atoms. The Labute approximate surface area is 160 Å². The second-order valence-electron chi connectivity index (χ2n) is 6.87. The topological polar surface area (TPSA) is 64.2 Å². The smallest absolute Gasteiger partial charge is 0.254 e. The van der Waals surface area contributed by atoms with Crippen molar-refractivity contribution in [2.75, 3.05) is 13.1 Å². The van der Waals surface area contributed by atoms with Crippen molar-refractivity contribution in [3.8, 4) is 11.4 Å². The molecule has 7 heteroatoms. The summed E-state index contributed by atoms with van der Waals surface area (Å²) < 4.78 is 20.8. The Hall–Kier alpha value is -3.48. The summed E-state index contributed by atoms with van der Waals surface area (Å²) in [6.45, 7) is 1.11. The molecule has 1 aliphatic heterocycles. The number of likely N-dealkylation sites (tertiary alicyclic amines) is 1. The molecule has 1 aromatic carbocycles. The van der Waals surface area contributed by atoms with E-state index in [0.717, 1.165) is 29.0 Å². The van der Waals surface area contributed by atoms with Crippen molar-refractivity contribution in [3.63, 3.8) is 0 Å². The zero-order valence-corrected chi connectivity index (χ0v) is 15.0. The number of imidazole rings is 1. The molecule has 0 saturated carbocycles. The highest BCUT2D eigenvalue weighted by atomic mass is 19.1. The maximum atomic E-state index is 13.5. The van der Waals surface area contributed by atoms with Crippen molar-refractivity contribution < 1.29 is 13.6 Å². The molecule has 5 rings (SSSR count). The number of rotatable bonds is 3. The van der Waals surface area contributed by atoms with Crippen LogP contribution >= 0.6 is 0 Å². The van der Waals surface area contributed by atoms with Gasteiger partial charge in [0.05, 0.1) is 17.9 Å². The molecule has 0 bridgehead atoms. The minimum absolute atomic E-state index is 0.0299. The van der Waals surface area contributed by atoms with Crippen LogP contribution in [-0.4, -0.2) is 38.4 Å². The summed E-state index contributed by atoms with van der Waals surface area (Å²) in [4.78, 5) is 23.8. The van der Waals surface area contributed by atoms with Gasteiger partial charge >= 0.3 is 0 Å². The van der Waals surface area contributed by atoms with Gasteiger partial charge in [-0.3, -0.25) is 4.79 Å². The van der Waals surface area contributed by atoms with Crippen molar-refractivity contribution in [2.24, 2.45) is 0 Å². The van der Waals surface area contributed by atoms with Gasteiger partial charge in [-0.05, 0) is 42.8 Å². The number of fused-ring (bicyclic) bond motifs is 1. The predicted octanol–water partition coefficient (Wildman–Crippen LogP) is 3.92. The highest BCUT2D eigenvalue weighted by Gasteiger charge is 2.31. The molecule has 0 unspecified atom stereocenters. The molecule has 4 heterocycles. The molecule has 140 valence electrons. The molecule has 0 aliphatic carbocycles. The zero-order chi connectivity index (χ0) is 19.1. The molecule has 1 aliphatic rings. The molecule has 6 nitrogen and oxygen atoms in total. The van der Waals surface area contributed by atoms with Gasteiger partial charge in [-0.1, -0.05) is 6.07 Å². The van der Waals surface area contributed by atoms with Gasteiger partial charge in [-0.25, -0.2) is 14.4 Å². The summed E-state index contributed by atoms with van der Waals surface area (Å²) in [6, 6.07) is 11.5. The van der Waals surface area contributed by atoms with Crippen LogP contribution in [0.3, 0.4) is 0 Å². The Morgan fingerprint density at radius 3 is 2.96 bits per heavy atom. The van der Waals surface area contributed by atoms with Crippen LogP contribution in [0.4, 0.5) is 4.39 Å². The molecule has 0 radical (unpaired) electrons. The minimum Gasteiger partial charge on any atom is -0.472 e. The largest absolute Gasteiger partial charge is 0.472 e. The van der Waals surface area contributed by atoms with Gasteiger partial charge in [0, 0.05) is 24.8 Å². The second-order valence-corrected chi connectivity index (χ2v) is 6.87. The third-order valence-electron chi connectivity index (χ3n) is 5.12. The van der Waals surface area contributed by atoms with Gasteiger partial charge in [-0.15, -0.1) is 0 Å². The number of benzene rings is 1. The van der Waals surface area contributed by atoms with Crippen LogP contribution in [0.15, 0.2) is 65.6 Å². The van der Waals surface area contributed by atoms with Crippen LogP contribution in [0.25, 0.3) is 22.6 Å². The molecular formula is C21H17FN4O2. The van der Waals surface area contributed by atoms with Crippen LogP contribution in [0, 0.1) is 5.82 Å². The van der Waals surface area contributed by atoms with Gasteiger partial charge in [0.2, 0.25) is 0 Å². The number of hydrogen-bond acceptors (Lipinski definition) is 4. The molecular weight excluding hydrogens is 359 g/mol. The van der Waals surface area contributed by atoms with E-state index in [2.05, 4.69) is 9.55 Å². The lowest BCUT2D eigenvalue weighted by molar-refractivity contribution is 0.0787. The highest BCUT2D eigenvalue weighted by Crippen LogP contribution is 2.32. The number of pyridine rings is 1. The SMILES string of the molecule is O=C(c1cccc(F)c1)N1CC[C@@H](n2c(-c3ccoc3)nc3cccnc32)C1. The Balaban J connectivity index is 1.50. The molecule has 3 aromatic heterocycles. The Morgan fingerprint density at radius 2 is 2.14 bits per heavy atom.